The van der Waals surface area contributed by atoms with E-state index in [2.05, 4.69) is 79.8 Å². The topological polar surface area (TPSA) is 8.81 Å². The first-order chi connectivity index (χ1) is 10.5. The van der Waals surface area contributed by atoms with Crippen LogP contribution in [0, 0.1) is 26.2 Å². The van der Waals surface area contributed by atoms with E-state index in [4.69, 9.17) is 0 Å². The van der Waals surface area contributed by atoms with Crippen molar-refractivity contribution in [3.63, 3.8) is 0 Å². The summed E-state index contributed by atoms with van der Waals surface area (Å²) in [7, 11) is 0. The first kappa shape index (κ1) is 18.0. The van der Waals surface area contributed by atoms with Gasteiger partial charge in [-0.3, -0.25) is 0 Å². The van der Waals surface area contributed by atoms with E-state index in [1.807, 2.05) is 0 Å². The lowest BCUT2D eigenvalue weighted by Gasteiger charge is -2.19. The molecule has 0 saturated carbocycles. The average molecular weight is 375 g/mol. The number of rotatable bonds is 4. The number of halogens is 1. The van der Waals surface area contributed by atoms with Crippen LogP contribution in [0.4, 0.5) is 0 Å². The number of imidazole rings is 1. The summed E-state index contributed by atoms with van der Waals surface area (Å²) in [4.78, 5) is 0. The fourth-order valence-electron chi connectivity index (χ4n) is 3.70. The molecule has 1 aliphatic rings. The quantitative estimate of drug-likeness (QED) is 0.565. The van der Waals surface area contributed by atoms with Crippen LogP contribution in [0.25, 0.3) is 5.69 Å². The van der Waals surface area contributed by atoms with E-state index in [-0.39, 0.29) is 17.0 Å². The van der Waals surface area contributed by atoms with E-state index in [9.17, 15) is 0 Å². The number of aryl methyl sites for hydroxylation is 4. The summed E-state index contributed by atoms with van der Waals surface area (Å²) in [5.41, 5.74) is 5.72. The zero-order valence-corrected chi connectivity index (χ0v) is 16.2. The highest BCUT2D eigenvalue weighted by Crippen LogP contribution is 2.34. The van der Waals surface area contributed by atoms with Gasteiger partial charge in [-0.1, -0.05) is 36.8 Å². The summed E-state index contributed by atoms with van der Waals surface area (Å²) in [6.07, 6.45) is 15.1. The number of hydrogen-bond acceptors (Lipinski definition) is 0. The molecule has 2 nitrogen and oxygen atoms in total. The summed E-state index contributed by atoms with van der Waals surface area (Å²) in [5.74, 6) is 0. The van der Waals surface area contributed by atoms with E-state index < -0.39 is 0 Å². The van der Waals surface area contributed by atoms with Crippen molar-refractivity contribution >= 4 is 0 Å². The molecule has 0 bridgehead atoms. The molecule has 1 unspecified atom stereocenters. The first-order valence-corrected chi connectivity index (χ1v) is 8.30. The molecule has 1 aromatic carbocycles. The van der Waals surface area contributed by atoms with Gasteiger partial charge in [-0.25, -0.2) is 9.13 Å². The molecular formula is C20H27BrN2. The number of benzene rings is 1. The van der Waals surface area contributed by atoms with E-state index in [0.29, 0.717) is 5.41 Å². The number of nitrogens with zero attached hydrogens (tertiary/aromatic N) is 2. The molecule has 1 atom stereocenters. The summed E-state index contributed by atoms with van der Waals surface area (Å²) >= 11 is 0. The van der Waals surface area contributed by atoms with Crippen LogP contribution in [0.3, 0.4) is 0 Å². The van der Waals surface area contributed by atoms with Crippen LogP contribution in [0.1, 0.15) is 42.9 Å². The number of aromatic nitrogens is 2. The van der Waals surface area contributed by atoms with Crippen molar-refractivity contribution in [1.82, 2.24) is 4.57 Å². The number of allylic oxidation sites excluding steroid dienone is 2. The maximum Gasteiger partial charge on any atom is 0.248 e. The smallest absolute Gasteiger partial charge is 0.248 e. The molecule has 0 amide bonds. The minimum atomic E-state index is 0. The van der Waals surface area contributed by atoms with Gasteiger partial charge in [-0.15, -0.1) is 0 Å². The number of hydrogen-bond donors (Lipinski definition) is 0. The standard InChI is InChI=1S/C20H27N2.BrH/c1-16-13-17(2)19(18(3)14-16)22-12-11-21(15-22)10-9-20(4)7-5-6-8-20;/h5,7,11-15H,6,8-10H2,1-4H3;1H/q+1;/p-1. The second-order valence-corrected chi connectivity index (χ2v) is 7.15. The highest BCUT2D eigenvalue weighted by Gasteiger charge is 2.24. The molecule has 0 saturated heterocycles. The molecule has 23 heavy (non-hydrogen) atoms. The van der Waals surface area contributed by atoms with E-state index >= 15 is 0 Å². The van der Waals surface area contributed by atoms with Crippen molar-refractivity contribution in [1.29, 1.82) is 0 Å². The molecule has 1 aliphatic carbocycles. The Morgan fingerprint density at radius 3 is 2.48 bits per heavy atom. The van der Waals surface area contributed by atoms with Crippen molar-refractivity contribution in [2.45, 2.75) is 53.5 Å². The Morgan fingerprint density at radius 2 is 1.87 bits per heavy atom. The van der Waals surface area contributed by atoms with Crippen LogP contribution in [0.2, 0.25) is 0 Å². The molecule has 0 radical (unpaired) electrons. The van der Waals surface area contributed by atoms with Gasteiger partial charge in [0.25, 0.3) is 0 Å². The molecule has 0 fully saturated rings. The summed E-state index contributed by atoms with van der Waals surface area (Å²) in [6, 6.07) is 4.52. The van der Waals surface area contributed by atoms with Crippen molar-refractivity contribution in [3.05, 3.63) is 59.7 Å². The predicted octanol–water partition coefficient (Wildman–Crippen LogP) is 1.44. The van der Waals surface area contributed by atoms with Crippen LogP contribution in [0.5, 0.6) is 0 Å². The zero-order valence-electron chi connectivity index (χ0n) is 14.6. The molecule has 124 valence electrons. The van der Waals surface area contributed by atoms with Gasteiger partial charge in [0.1, 0.15) is 18.1 Å². The van der Waals surface area contributed by atoms with Gasteiger partial charge in [0.2, 0.25) is 6.33 Å². The van der Waals surface area contributed by atoms with Crippen LogP contribution >= 0.6 is 0 Å². The second-order valence-electron chi connectivity index (χ2n) is 7.15. The van der Waals surface area contributed by atoms with Gasteiger partial charge < -0.3 is 17.0 Å². The van der Waals surface area contributed by atoms with Gasteiger partial charge in [0, 0.05) is 0 Å². The van der Waals surface area contributed by atoms with E-state index in [1.54, 1.807) is 0 Å². The molecule has 3 heteroatoms. The van der Waals surface area contributed by atoms with Gasteiger partial charge in [-0.05, 0) is 56.6 Å². The molecule has 3 rings (SSSR count). The fourth-order valence-corrected chi connectivity index (χ4v) is 3.70. The Kier molecular flexibility index (Phi) is 5.51. The third-order valence-electron chi connectivity index (χ3n) is 4.93. The SMILES string of the molecule is Cc1cc(C)c(-n2cc[n+](CCC3(C)C=CCC3)c2)c(C)c1.[Br-]. The highest BCUT2D eigenvalue weighted by atomic mass is 79.9. The van der Waals surface area contributed by atoms with Gasteiger partial charge in [0.05, 0.1) is 6.54 Å². The summed E-state index contributed by atoms with van der Waals surface area (Å²) < 4.78 is 4.58. The molecule has 0 aliphatic heterocycles. The van der Waals surface area contributed by atoms with Crippen LogP contribution in [-0.2, 0) is 6.54 Å². The Balaban J connectivity index is 0.00000192. The minimum Gasteiger partial charge on any atom is -1.00 e. The zero-order chi connectivity index (χ0) is 15.7. The Morgan fingerprint density at radius 1 is 1.17 bits per heavy atom. The fraction of sp³-hybridized carbons (Fsp3) is 0.450. The van der Waals surface area contributed by atoms with Crippen molar-refractivity contribution < 1.29 is 21.5 Å². The molecule has 2 aromatic rings. The monoisotopic (exact) mass is 374 g/mol. The van der Waals surface area contributed by atoms with E-state index in [0.717, 1.165) is 6.54 Å². The Hall–Kier alpha value is -1.35. The lowest BCUT2D eigenvalue weighted by molar-refractivity contribution is -0.697. The van der Waals surface area contributed by atoms with Crippen molar-refractivity contribution in [3.8, 4) is 5.69 Å². The van der Waals surface area contributed by atoms with Gasteiger partial charge >= 0.3 is 0 Å². The molecule has 0 spiro atoms. The first-order valence-electron chi connectivity index (χ1n) is 8.30. The van der Waals surface area contributed by atoms with E-state index in [1.165, 1.54) is 41.6 Å². The van der Waals surface area contributed by atoms with Crippen molar-refractivity contribution in [2.24, 2.45) is 5.41 Å². The predicted molar refractivity (Wildman–Crippen MR) is 91.3 cm³/mol. The molecular weight excluding hydrogens is 348 g/mol. The summed E-state index contributed by atoms with van der Waals surface area (Å²) in [6.45, 7) is 10.0. The van der Waals surface area contributed by atoms with Crippen LogP contribution < -0.4 is 21.5 Å². The van der Waals surface area contributed by atoms with Crippen LogP contribution in [-0.4, -0.2) is 4.57 Å². The Bertz CT molecular complexity index is 691. The molecule has 1 aromatic heterocycles. The molecule has 1 heterocycles. The second kappa shape index (κ2) is 7.04. The third-order valence-corrected chi connectivity index (χ3v) is 4.93. The lowest BCUT2D eigenvalue weighted by Crippen LogP contribution is -3.00. The normalized spacial score (nSPS) is 19.8. The summed E-state index contributed by atoms with van der Waals surface area (Å²) in [5, 5.41) is 0. The Labute approximate surface area is 150 Å². The highest BCUT2D eigenvalue weighted by molar-refractivity contribution is 5.48. The average Bonchev–Trinajstić information content (AvgIpc) is 3.05. The van der Waals surface area contributed by atoms with Gasteiger partial charge in [0.15, 0.2) is 0 Å². The lowest BCUT2D eigenvalue weighted by atomic mass is 9.86. The largest absolute Gasteiger partial charge is 1.00 e. The maximum absolute atomic E-state index is 2.40. The minimum absolute atomic E-state index is 0. The molecule has 0 N–H and O–H groups in total. The maximum atomic E-state index is 2.40. The van der Waals surface area contributed by atoms with Gasteiger partial charge in [-0.2, -0.15) is 0 Å². The van der Waals surface area contributed by atoms with Crippen LogP contribution in [0.15, 0.2) is 43.0 Å². The van der Waals surface area contributed by atoms with Crippen molar-refractivity contribution in [2.75, 3.05) is 0 Å². The third kappa shape index (κ3) is 3.95.